The number of benzene rings is 1. The molecule has 0 atom stereocenters. The summed E-state index contributed by atoms with van der Waals surface area (Å²) in [5, 5.41) is 20.2. The van der Waals surface area contributed by atoms with Gasteiger partial charge in [0.1, 0.15) is 18.7 Å². The zero-order chi connectivity index (χ0) is 14.4. The molecule has 0 fully saturated rings. The molecule has 1 aromatic carbocycles. The van der Waals surface area contributed by atoms with Crippen LogP contribution in [-0.4, -0.2) is 34.8 Å². The molecular weight excluding hydrogens is 282 g/mol. The largest absolute Gasteiger partial charge is 0.493 e. The van der Waals surface area contributed by atoms with Crippen molar-refractivity contribution in [2.45, 2.75) is 0 Å². The molecular formula is C12H10ClN5O2. The Balaban J connectivity index is 2.28. The first kappa shape index (κ1) is 13.8. The average Bonchev–Trinajstić information content (AvgIpc) is 2.96. The van der Waals surface area contributed by atoms with E-state index in [2.05, 4.69) is 15.3 Å². The second-order valence-corrected chi connectivity index (χ2v) is 3.97. The molecule has 0 spiro atoms. The number of halogens is 1. The average molecular weight is 292 g/mol. The van der Waals surface area contributed by atoms with Crippen molar-refractivity contribution in [1.82, 2.24) is 14.9 Å². The van der Waals surface area contributed by atoms with Gasteiger partial charge in [0.05, 0.1) is 18.3 Å². The molecule has 0 N–H and O–H groups in total. The van der Waals surface area contributed by atoms with Crippen LogP contribution in [0.15, 0.2) is 29.9 Å². The molecule has 2 aromatic rings. The van der Waals surface area contributed by atoms with Gasteiger partial charge in [0.15, 0.2) is 18.1 Å². The van der Waals surface area contributed by atoms with E-state index in [4.69, 9.17) is 26.3 Å². The van der Waals surface area contributed by atoms with Crippen LogP contribution in [0, 0.1) is 11.3 Å². The van der Waals surface area contributed by atoms with E-state index < -0.39 is 0 Å². The lowest BCUT2D eigenvalue weighted by molar-refractivity contribution is 0.330. The minimum atomic E-state index is -0.107. The van der Waals surface area contributed by atoms with Crippen LogP contribution in [-0.2, 0) is 0 Å². The molecule has 0 bridgehead atoms. The number of rotatable bonds is 5. The fourth-order valence-corrected chi connectivity index (χ4v) is 1.72. The van der Waals surface area contributed by atoms with Gasteiger partial charge in [-0.3, -0.25) is 0 Å². The van der Waals surface area contributed by atoms with Crippen LogP contribution in [0.1, 0.15) is 5.56 Å². The van der Waals surface area contributed by atoms with Crippen LogP contribution in [0.3, 0.4) is 0 Å². The van der Waals surface area contributed by atoms with Crippen LogP contribution >= 0.6 is 11.6 Å². The van der Waals surface area contributed by atoms with E-state index in [1.165, 1.54) is 24.4 Å². The summed E-state index contributed by atoms with van der Waals surface area (Å²) in [6.07, 6.45) is 4.49. The maximum Gasteiger partial charge on any atom is 0.181 e. The highest BCUT2D eigenvalue weighted by Crippen LogP contribution is 2.35. The van der Waals surface area contributed by atoms with Gasteiger partial charge in [-0.05, 0) is 17.7 Å². The van der Waals surface area contributed by atoms with Gasteiger partial charge in [-0.2, -0.15) is 10.4 Å². The first-order chi connectivity index (χ1) is 9.74. The van der Waals surface area contributed by atoms with Crippen molar-refractivity contribution in [2.24, 2.45) is 5.10 Å². The summed E-state index contributed by atoms with van der Waals surface area (Å²) in [6.45, 7) is -0.107. The Hall–Kier alpha value is -2.59. The highest BCUT2D eigenvalue weighted by Gasteiger charge is 2.11. The van der Waals surface area contributed by atoms with Crippen molar-refractivity contribution < 1.29 is 9.47 Å². The summed E-state index contributed by atoms with van der Waals surface area (Å²) in [5.41, 5.74) is 0.713. The Labute approximate surface area is 120 Å². The first-order valence-corrected chi connectivity index (χ1v) is 5.88. The predicted molar refractivity (Wildman–Crippen MR) is 72.1 cm³/mol. The molecule has 0 aliphatic heterocycles. The zero-order valence-electron chi connectivity index (χ0n) is 10.5. The van der Waals surface area contributed by atoms with Crippen LogP contribution < -0.4 is 9.47 Å². The monoisotopic (exact) mass is 291 g/mol. The van der Waals surface area contributed by atoms with Crippen molar-refractivity contribution in [2.75, 3.05) is 13.7 Å². The van der Waals surface area contributed by atoms with Gasteiger partial charge >= 0.3 is 0 Å². The molecule has 20 heavy (non-hydrogen) atoms. The van der Waals surface area contributed by atoms with Crippen LogP contribution in [0.5, 0.6) is 11.5 Å². The fraction of sp³-hybridized carbons (Fsp3) is 0.167. The van der Waals surface area contributed by atoms with Gasteiger partial charge in [0, 0.05) is 0 Å². The lowest BCUT2D eigenvalue weighted by Gasteiger charge is -2.10. The molecule has 0 saturated heterocycles. The van der Waals surface area contributed by atoms with E-state index >= 15 is 0 Å². The lowest BCUT2D eigenvalue weighted by atomic mass is 10.2. The summed E-state index contributed by atoms with van der Waals surface area (Å²) in [6, 6.07) is 5.23. The third-order valence-electron chi connectivity index (χ3n) is 2.28. The summed E-state index contributed by atoms with van der Waals surface area (Å²) in [7, 11) is 1.49. The van der Waals surface area contributed by atoms with Gasteiger partial charge in [-0.25, -0.2) is 4.68 Å². The number of nitrogens with zero attached hydrogens (tertiary/aromatic N) is 5. The Morgan fingerprint density at radius 1 is 1.45 bits per heavy atom. The van der Waals surface area contributed by atoms with Gasteiger partial charge in [0.2, 0.25) is 0 Å². The fourth-order valence-electron chi connectivity index (χ4n) is 1.45. The zero-order valence-corrected chi connectivity index (χ0v) is 11.3. The third kappa shape index (κ3) is 3.24. The van der Waals surface area contributed by atoms with E-state index in [1.54, 1.807) is 18.3 Å². The molecule has 0 aliphatic rings. The molecule has 1 heterocycles. The summed E-state index contributed by atoms with van der Waals surface area (Å²) < 4.78 is 11.9. The van der Waals surface area contributed by atoms with Gasteiger partial charge in [-0.15, -0.1) is 10.2 Å². The SMILES string of the molecule is COc1cc(C=Nn2cnnc2)cc(Cl)c1OCC#N. The van der Waals surface area contributed by atoms with E-state index in [9.17, 15) is 0 Å². The predicted octanol–water partition coefficient (Wildman–Crippen LogP) is 1.72. The summed E-state index contributed by atoms with van der Waals surface area (Å²) in [5.74, 6) is 0.759. The normalized spacial score (nSPS) is 10.4. The molecule has 0 amide bonds. The van der Waals surface area contributed by atoms with Crippen molar-refractivity contribution in [3.8, 4) is 17.6 Å². The first-order valence-electron chi connectivity index (χ1n) is 5.51. The number of nitriles is 1. The van der Waals surface area contributed by atoms with Gasteiger partial charge in [-0.1, -0.05) is 11.6 Å². The van der Waals surface area contributed by atoms with Crippen LogP contribution in [0.4, 0.5) is 0 Å². The van der Waals surface area contributed by atoms with Crippen molar-refractivity contribution in [3.05, 3.63) is 35.4 Å². The van der Waals surface area contributed by atoms with Crippen molar-refractivity contribution in [1.29, 1.82) is 5.26 Å². The standard InChI is InChI=1S/C12H10ClN5O2/c1-19-11-5-9(6-17-18-7-15-16-8-18)4-10(13)12(11)20-3-2-14/h4-8H,3H2,1H3. The number of hydrogen-bond acceptors (Lipinski definition) is 6. The summed E-state index contributed by atoms with van der Waals surface area (Å²) >= 11 is 6.10. The summed E-state index contributed by atoms with van der Waals surface area (Å²) in [4.78, 5) is 0. The minimum absolute atomic E-state index is 0.107. The molecule has 7 nitrogen and oxygen atoms in total. The molecule has 0 aliphatic carbocycles. The van der Waals surface area contributed by atoms with E-state index in [0.29, 0.717) is 22.1 Å². The topological polar surface area (TPSA) is 85.3 Å². The second kappa shape index (κ2) is 6.54. The molecule has 0 saturated carbocycles. The van der Waals surface area contributed by atoms with E-state index in [1.807, 2.05) is 6.07 Å². The highest BCUT2D eigenvalue weighted by molar-refractivity contribution is 6.32. The van der Waals surface area contributed by atoms with Crippen molar-refractivity contribution >= 4 is 17.8 Å². The van der Waals surface area contributed by atoms with Gasteiger partial charge in [0.25, 0.3) is 0 Å². The number of methoxy groups -OCH3 is 1. The Morgan fingerprint density at radius 3 is 2.85 bits per heavy atom. The highest BCUT2D eigenvalue weighted by atomic mass is 35.5. The number of aromatic nitrogens is 3. The molecule has 2 rings (SSSR count). The molecule has 8 heteroatoms. The second-order valence-electron chi connectivity index (χ2n) is 3.57. The van der Waals surface area contributed by atoms with Gasteiger partial charge < -0.3 is 9.47 Å². The minimum Gasteiger partial charge on any atom is -0.493 e. The third-order valence-corrected chi connectivity index (χ3v) is 2.56. The van der Waals surface area contributed by atoms with E-state index in [-0.39, 0.29) is 6.61 Å². The van der Waals surface area contributed by atoms with Crippen LogP contribution in [0.2, 0.25) is 5.02 Å². The molecule has 0 radical (unpaired) electrons. The number of hydrogen-bond donors (Lipinski definition) is 0. The molecule has 1 aromatic heterocycles. The lowest BCUT2D eigenvalue weighted by Crippen LogP contribution is -1.99. The Morgan fingerprint density at radius 2 is 2.20 bits per heavy atom. The molecule has 102 valence electrons. The smallest absolute Gasteiger partial charge is 0.181 e. The maximum absolute atomic E-state index is 8.53. The maximum atomic E-state index is 8.53. The van der Waals surface area contributed by atoms with E-state index in [0.717, 1.165) is 0 Å². The van der Waals surface area contributed by atoms with Crippen molar-refractivity contribution in [3.63, 3.8) is 0 Å². The molecule has 0 unspecified atom stereocenters. The quantitative estimate of drug-likeness (QED) is 0.783. The Bertz CT molecular complexity index is 649. The Kier molecular flexibility index (Phi) is 4.52. The van der Waals surface area contributed by atoms with Crippen LogP contribution in [0.25, 0.3) is 0 Å². The number of ether oxygens (including phenoxy) is 2.